The molecule has 2 heterocycles. The number of carbonyl (C=O) groups excluding carboxylic acids is 2. The molecule has 4 rings (SSSR count). The number of fused-ring (bicyclic) bond motifs is 2. The Morgan fingerprint density at radius 1 is 1.13 bits per heavy atom. The van der Waals surface area contributed by atoms with Crippen LogP contribution in [0.25, 0.3) is 0 Å². The van der Waals surface area contributed by atoms with Crippen LogP contribution in [0.4, 0.5) is 0 Å². The summed E-state index contributed by atoms with van der Waals surface area (Å²) in [5.74, 6) is -1.70. The molecule has 168 valence electrons. The molecule has 2 fully saturated rings. The van der Waals surface area contributed by atoms with Crippen molar-refractivity contribution in [3.05, 3.63) is 34.9 Å². The van der Waals surface area contributed by atoms with E-state index in [2.05, 4.69) is 0 Å². The molecule has 0 aromatic heterocycles. The van der Waals surface area contributed by atoms with Gasteiger partial charge in [0.25, 0.3) is 0 Å². The average molecular weight is 436 g/mol. The van der Waals surface area contributed by atoms with Gasteiger partial charge in [0.2, 0.25) is 12.1 Å². The molecular weight excluding hydrogens is 412 g/mol. The van der Waals surface area contributed by atoms with Gasteiger partial charge in [0, 0.05) is 6.42 Å². The van der Waals surface area contributed by atoms with Crippen LogP contribution in [0.2, 0.25) is 0 Å². The Morgan fingerprint density at radius 3 is 2.48 bits per heavy atom. The molecule has 2 aliphatic heterocycles. The number of epoxide rings is 1. The molecule has 0 spiro atoms. The van der Waals surface area contributed by atoms with Gasteiger partial charge in [-0.15, -0.1) is 0 Å². The molecule has 3 aliphatic rings. The zero-order valence-electron chi connectivity index (χ0n) is 16.9. The summed E-state index contributed by atoms with van der Waals surface area (Å²) in [5, 5.41) is 49.7. The van der Waals surface area contributed by atoms with E-state index in [0.29, 0.717) is 0 Å². The first-order valence-corrected chi connectivity index (χ1v) is 9.85. The quantitative estimate of drug-likeness (QED) is 0.298. The van der Waals surface area contributed by atoms with E-state index >= 15 is 0 Å². The molecule has 10 heteroatoms. The van der Waals surface area contributed by atoms with Gasteiger partial charge in [0.1, 0.15) is 35.9 Å². The SMILES string of the molecule is CC(C)=CC[C@]12O[C@H]1C(=O)c1c(O)ccc(O[C@@H]3O[C@H](CO)[C@@H](O)[C@H](O)[C@H]3O)c1C2=O. The Kier molecular flexibility index (Phi) is 5.41. The summed E-state index contributed by atoms with van der Waals surface area (Å²) in [6, 6.07) is 2.40. The number of aliphatic hydroxyl groups excluding tert-OH is 4. The molecule has 1 aromatic carbocycles. The standard InChI is InChI=1S/C21H24O10/c1-8(2)5-6-21-18(28)13-10(4-3-9(23)12(13)15(25)19(21)31-21)29-20-17(27)16(26)14(24)11(7-22)30-20/h3-5,11,14,16-17,19-20,22-24,26-27H,6-7H2,1-2H3/t11-,14-,16+,17-,19+,20-,21-/m1/s1. The zero-order chi connectivity index (χ0) is 22.7. The fourth-order valence-corrected chi connectivity index (χ4v) is 4.00. The van der Waals surface area contributed by atoms with Crippen molar-refractivity contribution in [2.75, 3.05) is 6.61 Å². The third kappa shape index (κ3) is 3.36. The highest BCUT2D eigenvalue weighted by Gasteiger charge is 2.69. The number of Topliss-reactive ketones (excluding diaryl/α,β-unsaturated/α-hetero) is 2. The molecule has 7 atom stereocenters. The van der Waals surface area contributed by atoms with Crippen molar-refractivity contribution >= 4 is 11.6 Å². The van der Waals surface area contributed by atoms with Gasteiger partial charge < -0.3 is 39.7 Å². The van der Waals surface area contributed by atoms with Crippen molar-refractivity contribution in [3.63, 3.8) is 0 Å². The van der Waals surface area contributed by atoms with E-state index in [1.54, 1.807) is 6.08 Å². The first-order valence-electron chi connectivity index (χ1n) is 9.85. The number of aliphatic hydroxyl groups is 4. The Labute approximate surface area is 177 Å². The lowest BCUT2D eigenvalue weighted by atomic mass is 9.79. The number of carbonyl (C=O) groups is 2. The zero-order valence-corrected chi connectivity index (χ0v) is 16.9. The largest absolute Gasteiger partial charge is 0.507 e. The van der Waals surface area contributed by atoms with Gasteiger partial charge in [-0.1, -0.05) is 11.6 Å². The van der Waals surface area contributed by atoms with Crippen LogP contribution in [-0.4, -0.2) is 86.1 Å². The second-order valence-corrected chi connectivity index (χ2v) is 8.21. The monoisotopic (exact) mass is 436 g/mol. The number of hydrogen-bond donors (Lipinski definition) is 5. The van der Waals surface area contributed by atoms with Gasteiger partial charge in [-0.05, 0) is 26.0 Å². The summed E-state index contributed by atoms with van der Waals surface area (Å²) in [5.41, 5.74) is -0.911. The summed E-state index contributed by atoms with van der Waals surface area (Å²) in [6.07, 6.45) is -6.80. The predicted octanol–water partition coefficient (Wildman–Crippen LogP) is -0.556. The van der Waals surface area contributed by atoms with Gasteiger partial charge in [-0.25, -0.2) is 0 Å². The molecule has 0 unspecified atom stereocenters. The third-order valence-corrected chi connectivity index (χ3v) is 5.84. The molecule has 1 aliphatic carbocycles. The molecule has 5 N–H and O–H groups in total. The number of benzene rings is 1. The minimum Gasteiger partial charge on any atom is -0.507 e. The molecule has 0 saturated carbocycles. The van der Waals surface area contributed by atoms with Crippen LogP contribution in [0.1, 0.15) is 41.0 Å². The fourth-order valence-electron chi connectivity index (χ4n) is 4.00. The average Bonchev–Trinajstić information content (AvgIpc) is 3.48. The van der Waals surface area contributed by atoms with E-state index in [9.17, 15) is 35.1 Å². The topological polar surface area (TPSA) is 166 Å². The summed E-state index contributed by atoms with van der Waals surface area (Å²) in [7, 11) is 0. The maximum atomic E-state index is 13.3. The van der Waals surface area contributed by atoms with Gasteiger partial charge in [0.15, 0.2) is 17.5 Å². The van der Waals surface area contributed by atoms with Gasteiger partial charge in [-0.2, -0.15) is 0 Å². The molecule has 31 heavy (non-hydrogen) atoms. The minimum atomic E-state index is -1.71. The minimum absolute atomic E-state index is 0.166. The van der Waals surface area contributed by atoms with Crippen LogP contribution in [0.15, 0.2) is 23.8 Å². The first kappa shape index (κ1) is 21.9. The van der Waals surface area contributed by atoms with Crippen LogP contribution in [-0.2, 0) is 9.47 Å². The number of hydrogen-bond acceptors (Lipinski definition) is 10. The van der Waals surface area contributed by atoms with Gasteiger partial charge in [-0.3, -0.25) is 9.59 Å². The molecule has 10 nitrogen and oxygen atoms in total. The van der Waals surface area contributed by atoms with E-state index in [0.717, 1.165) is 11.6 Å². The number of allylic oxidation sites excluding steroid dienone is 1. The first-order chi connectivity index (χ1) is 14.6. The molecule has 0 bridgehead atoms. The van der Waals surface area contributed by atoms with Crippen LogP contribution >= 0.6 is 0 Å². The van der Waals surface area contributed by atoms with Crippen molar-refractivity contribution in [1.29, 1.82) is 0 Å². The molecule has 2 saturated heterocycles. The number of aromatic hydroxyl groups is 1. The lowest BCUT2D eigenvalue weighted by Crippen LogP contribution is -2.60. The van der Waals surface area contributed by atoms with Crippen LogP contribution in [0.3, 0.4) is 0 Å². The van der Waals surface area contributed by atoms with Crippen molar-refractivity contribution in [3.8, 4) is 11.5 Å². The molecule has 0 radical (unpaired) electrons. The molecular formula is C21H24O10. The Bertz CT molecular complexity index is 950. The highest BCUT2D eigenvalue weighted by molar-refractivity contribution is 6.25. The maximum absolute atomic E-state index is 13.3. The van der Waals surface area contributed by atoms with E-state index < -0.39 is 66.3 Å². The van der Waals surface area contributed by atoms with Crippen LogP contribution in [0, 0.1) is 0 Å². The van der Waals surface area contributed by atoms with E-state index in [4.69, 9.17) is 14.2 Å². The second kappa shape index (κ2) is 7.66. The van der Waals surface area contributed by atoms with Crippen molar-refractivity contribution in [1.82, 2.24) is 0 Å². The van der Waals surface area contributed by atoms with Crippen molar-refractivity contribution in [2.45, 2.75) is 62.7 Å². The van der Waals surface area contributed by atoms with Gasteiger partial charge >= 0.3 is 0 Å². The number of phenols is 1. The summed E-state index contributed by atoms with van der Waals surface area (Å²) in [4.78, 5) is 26.2. The normalized spacial score (nSPS) is 36.5. The fraction of sp³-hybridized carbons (Fsp3) is 0.524. The second-order valence-electron chi connectivity index (χ2n) is 8.21. The number of ether oxygens (including phenoxy) is 3. The lowest BCUT2D eigenvalue weighted by Gasteiger charge is -2.39. The Morgan fingerprint density at radius 2 is 1.84 bits per heavy atom. The summed E-state index contributed by atoms with van der Waals surface area (Å²) >= 11 is 0. The summed E-state index contributed by atoms with van der Waals surface area (Å²) in [6.45, 7) is 3.03. The van der Waals surface area contributed by atoms with Crippen LogP contribution in [0.5, 0.6) is 11.5 Å². The number of rotatable bonds is 5. The predicted molar refractivity (Wildman–Crippen MR) is 103 cm³/mol. The highest BCUT2D eigenvalue weighted by Crippen LogP contribution is 2.52. The summed E-state index contributed by atoms with van der Waals surface area (Å²) < 4.78 is 16.5. The molecule has 1 aromatic rings. The van der Waals surface area contributed by atoms with Crippen molar-refractivity contribution in [2.24, 2.45) is 0 Å². The number of phenolic OH excluding ortho intramolecular Hbond substituents is 1. The smallest absolute Gasteiger partial charge is 0.229 e. The Hall–Kier alpha value is -2.34. The Balaban J connectivity index is 1.71. The van der Waals surface area contributed by atoms with E-state index in [1.165, 1.54) is 6.07 Å². The lowest BCUT2D eigenvalue weighted by molar-refractivity contribution is -0.277. The van der Waals surface area contributed by atoms with Crippen molar-refractivity contribution < 1.29 is 49.3 Å². The third-order valence-electron chi connectivity index (χ3n) is 5.84. The highest BCUT2D eigenvalue weighted by atomic mass is 16.7. The maximum Gasteiger partial charge on any atom is 0.229 e. The van der Waals surface area contributed by atoms with Crippen LogP contribution < -0.4 is 4.74 Å². The van der Waals surface area contributed by atoms with Gasteiger partial charge in [0.05, 0.1) is 17.7 Å². The number of ketones is 2. The van der Waals surface area contributed by atoms with E-state index in [-0.39, 0.29) is 23.3 Å². The molecule has 0 amide bonds. The van der Waals surface area contributed by atoms with E-state index in [1.807, 2.05) is 13.8 Å².